The third-order valence-electron chi connectivity index (χ3n) is 3.72. The number of rotatable bonds is 4. The Hall–Kier alpha value is -2.90. The van der Waals surface area contributed by atoms with Gasteiger partial charge in [0, 0.05) is 16.7 Å². The largest absolute Gasteiger partial charge is 0.485 e. The Morgan fingerprint density at radius 2 is 1.96 bits per heavy atom. The van der Waals surface area contributed by atoms with E-state index in [1.54, 1.807) is 30.3 Å². The second-order valence-electron chi connectivity index (χ2n) is 5.35. The van der Waals surface area contributed by atoms with E-state index < -0.39 is 0 Å². The molecule has 0 atom stereocenters. The van der Waals surface area contributed by atoms with Gasteiger partial charge in [-0.05, 0) is 12.1 Å². The highest BCUT2D eigenvalue weighted by Crippen LogP contribution is 2.31. The predicted molar refractivity (Wildman–Crippen MR) is 96.4 cm³/mol. The molecule has 2 heterocycles. The topological polar surface area (TPSA) is 93.9 Å². The Labute approximate surface area is 156 Å². The molecule has 26 heavy (non-hydrogen) atoms. The number of nitrogens with zero attached hydrogens (tertiary/aromatic N) is 3. The molecule has 4 rings (SSSR count). The number of benzene rings is 2. The standard InChI is InChI=1S/C17H10Cl2N4O3/c18-12-4-2-1-3-10(12)11-7-26-14-6-9(5-13(19)16(14)17(11)24)25-8-15-20-22-23-21-15/h1-7H,8H2,(H,20,21,22,23). The van der Waals surface area contributed by atoms with Gasteiger partial charge in [0.1, 0.15) is 17.6 Å². The Kier molecular flexibility index (Phi) is 4.32. The first-order valence-corrected chi connectivity index (χ1v) is 8.24. The Morgan fingerprint density at radius 3 is 2.73 bits per heavy atom. The quantitative estimate of drug-likeness (QED) is 0.570. The highest BCUT2D eigenvalue weighted by atomic mass is 35.5. The lowest BCUT2D eigenvalue weighted by Crippen LogP contribution is -2.06. The monoisotopic (exact) mass is 388 g/mol. The van der Waals surface area contributed by atoms with Crippen molar-refractivity contribution in [1.29, 1.82) is 0 Å². The number of tetrazole rings is 1. The van der Waals surface area contributed by atoms with Gasteiger partial charge in [-0.15, -0.1) is 10.2 Å². The maximum Gasteiger partial charge on any atom is 0.211 e. The smallest absolute Gasteiger partial charge is 0.211 e. The maximum absolute atomic E-state index is 12.9. The number of ether oxygens (including phenoxy) is 1. The van der Waals surface area contributed by atoms with E-state index >= 15 is 0 Å². The molecule has 0 radical (unpaired) electrons. The van der Waals surface area contributed by atoms with E-state index in [-0.39, 0.29) is 22.4 Å². The molecule has 0 aliphatic heterocycles. The van der Waals surface area contributed by atoms with Gasteiger partial charge in [0.25, 0.3) is 0 Å². The first-order chi connectivity index (χ1) is 12.6. The lowest BCUT2D eigenvalue weighted by Gasteiger charge is -2.08. The van der Waals surface area contributed by atoms with Crippen molar-refractivity contribution >= 4 is 34.2 Å². The van der Waals surface area contributed by atoms with Crippen LogP contribution in [0.3, 0.4) is 0 Å². The number of halogens is 2. The molecule has 9 heteroatoms. The van der Waals surface area contributed by atoms with Crippen molar-refractivity contribution in [3.05, 3.63) is 68.8 Å². The Morgan fingerprint density at radius 1 is 1.12 bits per heavy atom. The molecule has 130 valence electrons. The summed E-state index contributed by atoms with van der Waals surface area (Å²) in [5.74, 6) is 0.803. The average Bonchev–Trinajstić information content (AvgIpc) is 3.14. The zero-order valence-electron chi connectivity index (χ0n) is 13.1. The summed E-state index contributed by atoms with van der Waals surface area (Å²) >= 11 is 12.5. The van der Waals surface area contributed by atoms with Gasteiger partial charge in [-0.25, -0.2) is 0 Å². The third kappa shape index (κ3) is 3.02. The SMILES string of the molecule is O=c1c(-c2ccccc2Cl)coc2cc(OCc3nn[nH]n3)cc(Cl)c12. The van der Waals surface area contributed by atoms with Crippen LogP contribution in [0.5, 0.6) is 5.75 Å². The molecular formula is C17H10Cl2N4O3. The second-order valence-corrected chi connectivity index (χ2v) is 6.17. The van der Waals surface area contributed by atoms with Crippen molar-refractivity contribution in [3.63, 3.8) is 0 Å². The van der Waals surface area contributed by atoms with Crippen LogP contribution < -0.4 is 10.2 Å². The summed E-state index contributed by atoms with van der Waals surface area (Å²) in [5, 5.41) is 14.3. The van der Waals surface area contributed by atoms with Gasteiger partial charge in [0.2, 0.25) is 11.3 Å². The molecule has 7 nitrogen and oxygen atoms in total. The molecule has 4 aromatic rings. The molecule has 0 amide bonds. The van der Waals surface area contributed by atoms with Crippen molar-refractivity contribution in [2.75, 3.05) is 0 Å². The minimum absolute atomic E-state index is 0.0975. The van der Waals surface area contributed by atoms with Crippen molar-refractivity contribution in [2.24, 2.45) is 0 Å². The van der Waals surface area contributed by atoms with Gasteiger partial charge >= 0.3 is 0 Å². The summed E-state index contributed by atoms with van der Waals surface area (Å²) in [6.07, 6.45) is 1.37. The minimum atomic E-state index is -0.269. The molecule has 0 fully saturated rings. The first kappa shape index (κ1) is 16.6. The minimum Gasteiger partial charge on any atom is -0.485 e. The highest BCUT2D eigenvalue weighted by Gasteiger charge is 2.15. The average molecular weight is 389 g/mol. The van der Waals surface area contributed by atoms with Gasteiger partial charge in [-0.2, -0.15) is 5.21 Å². The van der Waals surface area contributed by atoms with E-state index in [1.165, 1.54) is 12.3 Å². The van der Waals surface area contributed by atoms with E-state index in [9.17, 15) is 4.79 Å². The van der Waals surface area contributed by atoms with Crippen LogP contribution in [0.2, 0.25) is 10.0 Å². The zero-order valence-corrected chi connectivity index (χ0v) is 14.6. The zero-order chi connectivity index (χ0) is 18.1. The normalized spacial score (nSPS) is 11.0. The van der Waals surface area contributed by atoms with Crippen LogP contribution in [-0.2, 0) is 6.61 Å². The lowest BCUT2D eigenvalue weighted by atomic mass is 10.1. The van der Waals surface area contributed by atoms with Crippen LogP contribution in [0.1, 0.15) is 5.82 Å². The molecule has 0 bridgehead atoms. The van der Waals surface area contributed by atoms with E-state index in [2.05, 4.69) is 20.6 Å². The van der Waals surface area contributed by atoms with Crippen LogP contribution in [0.4, 0.5) is 0 Å². The summed E-state index contributed by atoms with van der Waals surface area (Å²) in [5.41, 5.74) is 0.958. The van der Waals surface area contributed by atoms with Gasteiger partial charge in [0.05, 0.1) is 16.0 Å². The predicted octanol–water partition coefficient (Wildman–Crippen LogP) is 3.86. The molecule has 0 spiro atoms. The molecule has 1 N–H and O–H groups in total. The summed E-state index contributed by atoms with van der Waals surface area (Å²) in [6.45, 7) is 0.0975. The highest BCUT2D eigenvalue weighted by molar-refractivity contribution is 6.35. The summed E-state index contributed by atoms with van der Waals surface area (Å²) in [7, 11) is 0. The molecule has 0 saturated carbocycles. The Bertz CT molecular complexity index is 1140. The Balaban J connectivity index is 1.76. The molecule has 2 aromatic carbocycles. The van der Waals surface area contributed by atoms with Gasteiger partial charge < -0.3 is 9.15 Å². The van der Waals surface area contributed by atoms with Crippen LogP contribution in [-0.4, -0.2) is 20.6 Å². The molecule has 0 aliphatic carbocycles. The van der Waals surface area contributed by atoms with Crippen molar-refractivity contribution in [1.82, 2.24) is 20.6 Å². The summed E-state index contributed by atoms with van der Waals surface area (Å²) < 4.78 is 11.2. The number of fused-ring (bicyclic) bond motifs is 1. The van der Waals surface area contributed by atoms with Crippen LogP contribution in [0, 0.1) is 0 Å². The number of nitrogens with one attached hydrogen (secondary N) is 1. The number of H-pyrrole nitrogens is 1. The molecule has 2 aromatic heterocycles. The van der Waals surface area contributed by atoms with Gasteiger partial charge in [0.15, 0.2) is 6.61 Å². The lowest BCUT2D eigenvalue weighted by molar-refractivity contribution is 0.296. The van der Waals surface area contributed by atoms with Gasteiger partial charge in [-0.1, -0.05) is 46.6 Å². The maximum atomic E-state index is 12.9. The number of aromatic amines is 1. The van der Waals surface area contributed by atoms with E-state index in [1.807, 2.05) is 0 Å². The van der Waals surface area contributed by atoms with Crippen molar-refractivity contribution in [2.45, 2.75) is 6.61 Å². The second kappa shape index (κ2) is 6.78. The van der Waals surface area contributed by atoms with E-state index in [4.69, 9.17) is 32.4 Å². The number of hydrogen-bond acceptors (Lipinski definition) is 6. The summed E-state index contributed by atoms with van der Waals surface area (Å²) in [6, 6.07) is 10.2. The fraction of sp³-hybridized carbons (Fsp3) is 0.0588. The van der Waals surface area contributed by atoms with Crippen molar-refractivity contribution < 1.29 is 9.15 Å². The van der Waals surface area contributed by atoms with Gasteiger partial charge in [-0.3, -0.25) is 4.79 Å². The van der Waals surface area contributed by atoms with E-state index in [0.717, 1.165) is 0 Å². The van der Waals surface area contributed by atoms with Crippen LogP contribution in [0.15, 0.2) is 51.9 Å². The van der Waals surface area contributed by atoms with Crippen LogP contribution >= 0.6 is 23.2 Å². The summed E-state index contributed by atoms with van der Waals surface area (Å²) in [4.78, 5) is 12.9. The fourth-order valence-electron chi connectivity index (χ4n) is 2.52. The van der Waals surface area contributed by atoms with E-state index in [0.29, 0.717) is 33.3 Å². The number of aromatic nitrogens is 4. The first-order valence-electron chi connectivity index (χ1n) is 7.48. The van der Waals surface area contributed by atoms with Crippen molar-refractivity contribution in [3.8, 4) is 16.9 Å². The van der Waals surface area contributed by atoms with Crippen LogP contribution in [0.25, 0.3) is 22.1 Å². The molecule has 0 aliphatic rings. The fourth-order valence-corrected chi connectivity index (χ4v) is 3.05. The number of hydrogen-bond donors (Lipinski definition) is 1. The molecule has 0 unspecified atom stereocenters. The molecular weight excluding hydrogens is 379 g/mol. The molecule has 0 saturated heterocycles. The third-order valence-corrected chi connectivity index (χ3v) is 4.35.